The third kappa shape index (κ3) is 1.96. The maximum atomic E-state index is 2.61. The highest BCUT2D eigenvalue weighted by Crippen LogP contribution is 2.44. The number of hydrogen-bond acceptors (Lipinski definition) is 1. The predicted molar refractivity (Wildman–Crippen MR) is 88.9 cm³/mol. The molecule has 1 aromatic carbocycles. The molecule has 4 rings (SSSR count). The highest BCUT2D eigenvalue weighted by atomic mass is 15.1. The summed E-state index contributed by atoms with van der Waals surface area (Å²) in [7, 11) is 2.32. The first-order chi connectivity index (χ1) is 10.2. The number of benzene rings is 1. The molecule has 0 N–H and O–H groups in total. The van der Waals surface area contributed by atoms with Crippen LogP contribution in [0.5, 0.6) is 0 Å². The summed E-state index contributed by atoms with van der Waals surface area (Å²) in [6.07, 6.45) is 6.22. The molecule has 2 heterocycles. The van der Waals surface area contributed by atoms with Gasteiger partial charge in [-0.05, 0) is 49.4 Å². The van der Waals surface area contributed by atoms with E-state index >= 15 is 0 Å². The zero-order chi connectivity index (χ0) is 14.6. The molecule has 1 fully saturated rings. The summed E-state index contributed by atoms with van der Waals surface area (Å²) < 4.78 is 2.48. The molecule has 0 amide bonds. The molecule has 21 heavy (non-hydrogen) atoms. The van der Waals surface area contributed by atoms with E-state index < -0.39 is 0 Å². The average Bonchev–Trinajstić information content (AvgIpc) is 2.81. The molecule has 2 aromatic rings. The molecule has 2 aliphatic rings. The highest BCUT2D eigenvalue weighted by molar-refractivity contribution is 5.89. The number of nitrogens with zero attached hydrogens (tertiary/aromatic N) is 2. The van der Waals surface area contributed by atoms with Crippen molar-refractivity contribution >= 4 is 10.9 Å². The smallest absolute Gasteiger partial charge is 0.0486 e. The standard InChI is InChI=1S/C19H26N2/c1-4-8-21-12-14-10-18-16(9-13(2)11-20(18)3)15-6-5-7-17(21)19(14)15/h5-7,12-13,16,18H,4,8-11H2,1-3H3. The van der Waals surface area contributed by atoms with Crippen LogP contribution in [0.1, 0.15) is 43.7 Å². The predicted octanol–water partition coefficient (Wildman–Crippen LogP) is 4.03. The summed E-state index contributed by atoms with van der Waals surface area (Å²) >= 11 is 0. The molecule has 0 spiro atoms. The average molecular weight is 282 g/mol. The number of aryl methyl sites for hydroxylation is 1. The van der Waals surface area contributed by atoms with Crippen LogP contribution in [0, 0.1) is 5.92 Å². The van der Waals surface area contributed by atoms with Crippen molar-refractivity contribution in [1.82, 2.24) is 9.47 Å². The summed E-state index contributed by atoms with van der Waals surface area (Å²) in [5.74, 6) is 1.54. The van der Waals surface area contributed by atoms with Crippen molar-refractivity contribution in [2.75, 3.05) is 13.6 Å². The Morgan fingerprint density at radius 1 is 1.29 bits per heavy atom. The Hall–Kier alpha value is -1.28. The lowest BCUT2D eigenvalue weighted by atomic mass is 9.73. The summed E-state index contributed by atoms with van der Waals surface area (Å²) in [5, 5.41) is 1.58. The molecule has 0 radical (unpaired) electrons. The number of hydrogen-bond donors (Lipinski definition) is 0. The van der Waals surface area contributed by atoms with Crippen LogP contribution >= 0.6 is 0 Å². The van der Waals surface area contributed by atoms with Gasteiger partial charge in [0.25, 0.3) is 0 Å². The van der Waals surface area contributed by atoms with Crippen LogP contribution in [0.4, 0.5) is 0 Å². The second kappa shape index (κ2) is 4.88. The SMILES string of the molecule is CCCn1cc2c3c(cccc31)C1CC(C)CN(C)C1C2. The van der Waals surface area contributed by atoms with E-state index in [9.17, 15) is 0 Å². The van der Waals surface area contributed by atoms with Crippen LogP contribution in [-0.4, -0.2) is 29.1 Å². The molecule has 2 heteroatoms. The zero-order valence-corrected chi connectivity index (χ0v) is 13.5. The van der Waals surface area contributed by atoms with E-state index in [-0.39, 0.29) is 0 Å². The second-order valence-electron chi connectivity index (χ2n) is 7.25. The lowest BCUT2D eigenvalue weighted by molar-refractivity contribution is 0.119. The Kier molecular flexibility index (Phi) is 3.11. The fraction of sp³-hybridized carbons (Fsp3) is 0.579. The van der Waals surface area contributed by atoms with Crippen molar-refractivity contribution in [3.8, 4) is 0 Å². The second-order valence-corrected chi connectivity index (χ2v) is 7.25. The van der Waals surface area contributed by atoms with E-state index in [1.54, 1.807) is 16.5 Å². The van der Waals surface area contributed by atoms with Crippen LogP contribution in [0.2, 0.25) is 0 Å². The van der Waals surface area contributed by atoms with E-state index in [1.165, 1.54) is 31.3 Å². The van der Waals surface area contributed by atoms with Gasteiger partial charge in [-0.2, -0.15) is 0 Å². The molecule has 112 valence electrons. The Morgan fingerprint density at radius 2 is 2.14 bits per heavy atom. The molecule has 1 aromatic heterocycles. The van der Waals surface area contributed by atoms with Crippen LogP contribution in [0.15, 0.2) is 24.4 Å². The van der Waals surface area contributed by atoms with Crippen molar-refractivity contribution in [2.45, 2.75) is 51.6 Å². The van der Waals surface area contributed by atoms with Gasteiger partial charge < -0.3 is 9.47 Å². The van der Waals surface area contributed by atoms with Crippen LogP contribution in [0.3, 0.4) is 0 Å². The zero-order valence-electron chi connectivity index (χ0n) is 13.5. The molecular weight excluding hydrogens is 256 g/mol. The van der Waals surface area contributed by atoms with Crippen LogP contribution in [-0.2, 0) is 13.0 Å². The summed E-state index contributed by atoms with van der Waals surface area (Å²) in [5.41, 5.74) is 4.66. The number of rotatable bonds is 2. The van der Waals surface area contributed by atoms with Crippen molar-refractivity contribution in [2.24, 2.45) is 5.92 Å². The molecule has 0 saturated carbocycles. The van der Waals surface area contributed by atoms with Gasteiger partial charge in [-0.25, -0.2) is 0 Å². The van der Waals surface area contributed by atoms with Gasteiger partial charge in [-0.1, -0.05) is 26.0 Å². The molecule has 1 aliphatic carbocycles. The Morgan fingerprint density at radius 3 is 2.95 bits per heavy atom. The molecule has 3 atom stereocenters. The minimum atomic E-state index is 0.705. The van der Waals surface area contributed by atoms with Gasteiger partial charge in [0.05, 0.1) is 0 Å². The van der Waals surface area contributed by atoms with Crippen molar-refractivity contribution < 1.29 is 0 Å². The molecule has 2 nitrogen and oxygen atoms in total. The highest BCUT2D eigenvalue weighted by Gasteiger charge is 2.38. The van der Waals surface area contributed by atoms with Crippen LogP contribution in [0.25, 0.3) is 10.9 Å². The van der Waals surface area contributed by atoms with E-state index in [1.807, 2.05) is 0 Å². The maximum absolute atomic E-state index is 2.61. The van der Waals surface area contributed by atoms with Crippen molar-refractivity contribution in [3.63, 3.8) is 0 Å². The molecule has 1 saturated heterocycles. The molecular formula is C19H26N2. The number of aromatic nitrogens is 1. The van der Waals surface area contributed by atoms with Gasteiger partial charge >= 0.3 is 0 Å². The number of piperidine rings is 1. The first-order valence-corrected chi connectivity index (χ1v) is 8.50. The summed E-state index contributed by atoms with van der Waals surface area (Å²) in [4.78, 5) is 2.61. The van der Waals surface area contributed by atoms with Gasteiger partial charge in [0.1, 0.15) is 0 Å². The topological polar surface area (TPSA) is 8.17 Å². The summed E-state index contributed by atoms with van der Waals surface area (Å²) in [6.45, 7) is 7.07. The van der Waals surface area contributed by atoms with Gasteiger partial charge in [0.15, 0.2) is 0 Å². The third-order valence-electron chi connectivity index (χ3n) is 5.60. The van der Waals surface area contributed by atoms with Gasteiger partial charge in [0.2, 0.25) is 0 Å². The van der Waals surface area contributed by atoms with Crippen molar-refractivity contribution in [3.05, 3.63) is 35.5 Å². The third-order valence-corrected chi connectivity index (χ3v) is 5.60. The van der Waals surface area contributed by atoms with E-state index in [2.05, 4.69) is 54.8 Å². The largest absolute Gasteiger partial charge is 0.347 e. The number of likely N-dealkylation sites (N-methyl/N-ethyl adjacent to an activating group) is 1. The number of fused-ring (bicyclic) bond motifs is 2. The lowest BCUT2D eigenvalue weighted by Crippen LogP contribution is -2.47. The van der Waals surface area contributed by atoms with Crippen molar-refractivity contribution in [1.29, 1.82) is 0 Å². The lowest BCUT2D eigenvalue weighted by Gasteiger charge is -2.44. The molecule has 0 bridgehead atoms. The first kappa shape index (κ1) is 13.4. The maximum Gasteiger partial charge on any atom is 0.0486 e. The Balaban J connectivity index is 1.88. The quantitative estimate of drug-likeness (QED) is 0.807. The Labute approximate surface area is 127 Å². The first-order valence-electron chi connectivity index (χ1n) is 8.50. The normalized spacial score (nSPS) is 28.8. The minimum absolute atomic E-state index is 0.705. The van der Waals surface area contributed by atoms with E-state index in [4.69, 9.17) is 0 Å². The minimum Gasteiger partial charge on any atom is -0.347 e. The van der Waals surface area contributed by atoms with Gasteiger partial charge in [-0.3, -0.25) is 0 Å². The van der Waals surface area contributed by atoms with Crippen LogP contribution < -0.4 is 0 Å². The number of likely N-dealkylation sites (tertiary alicyclic amines) is 1. The van der Waals surface area contributed by atoms with E-state index in [0.29, 0.717) is 6.04 Å². The van der Waals surface area contributed by atoms with Gasteiger partial charge in [0, 0.05) is 42.1 Å². The molecule has 1 aliphatic heterocycles. The Bertz CT molecular complexity index is 670. The molecule has 3 unspecified atom stereocenters. The fourth-order valence-corrected chi connectivity index (χ4v) is 4.82. The monoisotopic (exact) mass is 282 g/mol. The summed E-state index contributed by atoms with van der Waals surface area (Å²) in [6, 6.07) is 7.69. The van der Waals surface area contributed by atoms with E-state index in [0.717, 1.165) is 18.4 Å². The van der Waals surface area contributed by atoms with Gasteiger partial charge in [-0.15, -0.1) is 0 Å². The fourth-order valence-electron chi connectivity index (χ4n) is 4.82.